The first-order chi connectivity index (χ1) is 10.6. The highest BCUT2D eigenvalue weighted by Crippen LogP contribution is 2.28. The minimum Gasteiger partial charge on any atom is -0.490 e. The minimum absolute atomic E-state index is 0. The highest BCUT2D eigenvalue weighted by Gasteiger charge is 2.37. The van der Waals surface area contributed by atoms with E-state index < -0.39 is 6.10 Å². The lowest BCUT2D eigenvalue weighted by molar-refractivity contribution is -0.137. The minimum atomic E-state index is -0.540. The van der Waals surface area contributed by atoms with E-state index in [4.69, 9.17) is 10.5 Å². The molecule has 1 saturated heterocycles. The summed E-state index contributed by atoms with van der Waals surface area (Å²) in [6.07, 6.45) is 5.76. The van der Waals surface area contributed by atoms with Crippen LogP contribution in [-0.2, 0) is 4.79 Å². The Morgan fingerprint density at radius 3 is 2.38 bits per heavy atom. The molecule has 0 aromatic carbocycles. The van der Waals surface area contributed by atoms with Crippen LogP contribution in [0.1, 0.15) is 25.7 Å². The molecule has 1 saturated carbocycles. The summed E-state index contributed by atoms with van der Waals surface area (Å²) in [5.74, 6) is 0.835. The summed E-state index contributed by atoms with van der Waals surface area (Å²) in [6.45, 7) is 1.41. The molecular formula is C16H25Cl2N3O3. The summed E-state index contributed by atoms with van der Waals surface area (Å²) in [6, 6.07) is 3.43. The Morgan fingerprint density at radius 1 is 1.21 bits per heavy atom. The molecule has 3 atom stereocenters. The second kappa shape index (κ2) is 9.42. The summed E-state index contributed by atoms with van der Waals surface area (Å²) in [5, 5.41) is 9.70. The predicted octanol–water partition coefficient (Wildman–Crippen LogP) is 1.39. The standard InChI is InChI=1S/C16H23N3O3.2ClH/c17-14-9-11(10-15(14)20)16(21)19-7-3-13(4-8-19)22-12-1-5-18-6-2-12;;/h1-2,5-6,11,13-15,20H,3-4,7-10,17H2;2*1H/t11-,14-,15-;;/m0../s1. The molecule has 0 radical (unpaired) electrons. The van der Waals surface area contributed by atoms with Crippen molar-refractivity contribution in [1.82, 2.24) is 9.88 Å². The third-order valence-electron chi connectivity index (χ3n) is 4.63. The lowest BCUT2D eigenvalue weighted by atomic mass is 10.0. The number of hydrogen-bond acceptors (Lipinski definition) is 5. The lowest BCUT2D eigenvalue weighted by Gasteiger charge is -2.33. The number of likely N-dealkylation sites (tertiary alicyclic amines) is 1. The van der Waals surface area contributed by atoms with Gasteiger partial charge in [0.25, 0.3) is 0 Å². The van der Waals surface area contributed by atoms with Gasteiger partial charge in [0, 0.05) is 50.3 Å². The summed E-state index contributed by atoms with van der Waals surface area (Å²) in [4.78, 5) is 18.3. The highest BCUT2D eigenvalue weighted by atomic mass is 35.5. The number of carbonyl (C=O) groups is 1. The van der Waals surface area contributed by atoms with Gasteiger partial charge in [-0.25, -0.2) is 0 Å². The quantitative estimate of drug-likeness (QED) is 0.830. The second-order valence-corrected chi connectivity index (χ2v) is 6.22. The fraction of sp³-hybridized carbons (Fsp3) is 0.625. The fourth-order valence-electron chi connectivity index (χ4n) is 3.31. The number of aliphatic hydroxyl groups excluding tert-OH is 1. The number of pyridine rings is 1. The number of amides is 1. The summed E-state index contributed by atoms with van der Waals surface area (Å²) in [5.41, 5.74) is 5.80. The van der Waals surface area contributed by atoms with Crippen molar-refractivity contribution in [3.05, 3.63) is 24.5 Å². The van der Waals surface area contributed by atoms with Gasteiger partial charge in [-0.05, 0) is 25.0 Å². The Balaban J connectivity index is 0.00000144. The molecule has 2 heterocycles. The molecule has 0 bridgehead atoms. The molecule has 1 amide bonds. The van der Waals surface area contributed by atoms with Gasteiger partial charge in [0.2, 0.25) is 5.91 Å². The van der Waals surface area contributed by atoms with Crippen molar-refractivity contribution < 1.29 is 14.6 Å². The molecule has 2 fully saturated rings. The van der Waals surface area contributed by atoms with E-state index in [9.17, 15) is 9.90 Å². The van der Waals surface area contributed by atoms with E-state index in [1.165, 1.54) is 0 Å². The van der Waals surface area contributed by atoms with Crippen LogP contribution >= 0.6 is 24.8 Å². The van der Waals surface area contributed by atoms with Gasteiger partial charge < -0.3 is 20.5 Å². The first kappa shape index (κ1) is 21.0. The van der Waals surface area contributed by atoms with Gasteiger partial charge in [0.15, 0.2) is 0 Å². The topological polar surface area (TPSA) is 88.7 Å². The van der Waals surface area contributed by atoms with E-state index >= 15 is 0 Å². The van der Waals surface area contributed by atoms with Crippen LogP contribution < -0.4 is 10.5 Å². The summed E-state index contributed by atoms with van der Waals surface area (Å²) < 4.78 is 5.90. The summed E-state index contributed by atoms with van der Waals surface area (Å²) >= 11 is 0. The zero-order valence-corrected chi connectivity index (χ0v) is 15.0. The number of rotatable bonds is 3. The van der Waals surface area contributed by atoms with Gasteiger partial charge in [-0.3, -0.25) is 9.78 Å². The Morgan fingerprint density at radius 2 is 1.83 bits per heavy atom. The van der Waals surface area contributed by atoms with Crippen molar-refractivity contribution >= 4 is 30.7 Å². The maximum Gasteiger partial charge on any atom is 0.225 e. The van der Waals surface area contributed by atoms with Crippen LogP contribution in [0.3, 0.4) is 0 Å². The first-order valence-electron chi connectivity index (χ1n) is 7.92. The number of nitrogens with zero attached hydrogens (tertiary/aromatic N) is 2. The SMILES string of the molecule is Cl.Cl.N[C@H]1C[C@H](C(=O)N2CCC(Oc3ccncc3)CC2)C[C@@H]1O. The van der Waals surface area contributed by atoms with Crippen LogP contribution in [0.4, 0.5) is 0 Å². The van der Waals surface area contributed by atoms with Gasteiger partial charge >= 0.3 is 0 Å². The van der Waals surface area contributed by atoms with E-state index in [2.05, 4.69) is 4.98 Å². The monoisotopic (exact) mass is 377 g/mol. The van der Waals surface area contributed by atoms with E-state index in [1.54, 1.807) is 12.4 Å². The summed E-state index contributed by atoms with van der Waals surface area (Å²) in [7, 11) is 0. The molecule has 6 nitrogen and oxygen atoms in total. The fourth-order valence-corrected chi connectivity index (χ4v) is 3.31. The van der Waals surface area contributed by atoms with Crippen molar-refractivity contribution in [2.75, 3.05) is 13.1 Å². The van der Waals surface area contributed by atoms with Crippen molar-refractivity contribution in [2.24, 2.45) is 11.7 Å². The lowest BCUT2D eigenvalue weighted by Crippen LogP contribution is -2.44. The molecule has 1 aromatic heterocycles. The van der Waals surface area contributed by atoms with Gasteiger partial charge in [-0.1, -0.05) is 0 Å². The van der Waals surface area contributed by atoms with E-state index in [0.717, 1.165) is 18.6 Å². The number of ether oxygens (including phenoxy) is 1. The molecule has 136 valence electrons. The molecule has 24 heavy (non-hydrogen) atoms. The van der Waals surface area contributed by atoms with E-state index in [-0.39, 0.29) is 48.8 Å². The van der Waals surface area contributed by atoms with Crippen LogP contribution in [0, 0.1) is 5.92 Å². The van der Waals surface area contributed by atoms with Gasteiger partial charge in [-0.2, -0.15) is 0 Å². The maximum atomic E-state index is 12.5. The largest absolute Gasteiger partial charge is 0.490 e. The molecule has 2 aliphatic rings. The number of carbonyl (C=O) groups excluding carboxylic acids is 1. The second-order valence-electron chi connectivity index (χ2n) is 6.22. The molecule has 0 spiro atoms. The normalized spacial score (nSPS) is 27.1. The Bertz CT molecular complexity index is 503. The molecule has 0 unspecified atom stereocenters. The Kier molecular flexibility index (Phi) is 8.22. The van der Waals surface area contributed by atoms with Crippen molar-refractivity contribution in [3.63, 3.8) is 0 Å². The zero-order valence-electron chi connectivity index (χ0n) is 13.4. The van der Waals surface area contributed by atoms with Crippen LogP contribution in [0.2, 0.25) is 0 Å². The maximum absolute atomic E-state index is 12.5. The average Bonchev–Trinajstić information content (AvgIpc) is 2.88. The third kappa shape index (κ3) is 4.96. The van der Waals surface area contributed by atoms with E-state index in [0.29, 0.717) is 25.9 Å². The van der Waals surface area contributed by atoms with Crippen LogP contribution in [-0.4, -0.2) is 52.2 Å². The van der Waals surface area contributed by atoms with Crippen LogP contribution in [0.5, 0.6) is 5.75 Å². The zero-order chi connectivity index (χ0) is 15.5. The number of aliphatic hydroxyl groups is 1. The number of piperidine rings is 1. The smallest absolute Gasteiger partial charge is 0.225 e. The number of hydrogen-bond donors (Lipinski definition) is 2. The van der Waals surface area contributed by atoms with Crippen molar-refractivity contribution in [1.29, 1.82) is 0 Å². The molecular weight excluding hydrogens is 353 g/mol. The molecule has 8 heteroatoms. The molecule has 1 aliphatic heterocycles. The van der Waals surface area contributed by atoms with Crippen LogP contribution in [0.15, 0.2) is 24.5 Å². The molecule has 1 aliphatic carbocycles. The predicted molar refractivity (Wildman–Crippen MR) is 95.7 cm³/mol. The van der Waals surface area contributed by atoms with Crippen molar-refractivity contribution in [2.45, 2.75) is 43.9 Å². The van der Waals surface area contributed by atoms with Gasteiger partial charge in [0.05, 0.1) is 6.10 Å². The molecule has 1 aromatic rings. The van der Waals surface area contributed by atoms with Gasteiger partial charge in [-0.15, -0.1) is 24.8 Å². The van der Waals surface area contributed by atoms with E-state index in [1.807, 2.05) is 17.0 Å². The third-order valence-corrected chi connectivity index (χ3v) is 4.63. The first-order valence-corrected chi connectivity index (χ1v) is 7.92. The molecule has 3 rings (SSSR count). The number of aromatic nitrogens is 1. The average molecular weight is 378 g/mol. The number of halogens is 2. The number of nitrogens with two attached hydrogens (primary N) is 1. The molecule has 3 N–H and O–H groups in total. The Labute approximate surface area is 154 Å². The van der Waals surface area contributed by atoms with Gasteiger partial charge in [0.1, 0.15) is 11.9 Å². The van der Waals surface area contributed by atoms with Crippen LogP contribution in [0.25, 0.3) is 0 Å². The van der Waals surface area contributed by atoms with Crippen molar-refractivity contribution in [3.8, 4) is 5.75 Å². The Hall–Kier alpha value is -1.08. The highest BCUT2D eigenvalue weighted by molar-refractivity contribution is 5.85.